The van der Waals surface area contributed by atoms with Crippen molar-refractivity contribution in [2.75, 3.05) is 0 Å². The first kappa shape index (κ1) is 16.3. The molecule has 0 amide bonds. The van der Waals surface area contributed by atoms with Crippen molar-refractivity contribution in [2.24, 2.45) is 0 Å². The van der Waals surface area contributed by atoms with E-state index in [4.69, 9.17) is 4.98 Å². The van der Waals surface area contributed by atoms with Crippen LogP contribution in [0.1, 0.15) is 40.6 Å². The molecule has 134 valence electrons. The summed E-state index contributed by atoms with van der Waals surface area (Å²) in [6.07, 6.45) is 0. The summed E-state index contributed by atoms with van der Waals surface area (Å²) in [5.74, 6) is 0. The molecule has 0 spiro atoms. The molecule has 0 unspecified atom stereocenters. The lowest BCUT2D eigenvalue weighted by atomic mass is 9.87. The van der Waals surface area contributed by atoms with Gasteiger partial charge in [0.05, 0.1) is 17.9 Å². The number of aromatic nitrogens is 1. The number of nitrogens with one attached hydrogen (secondary N) is 1. The average molecular weight is 353 g/mol. The Bertz CT molecular complexity index is 1020. The molecule has 0 fully saturated rings. The number of pyridine rings is 1. The van der Waals surface area contributed by atoms with Crippen LogP contribution in [0.15, 0.2) is 66.7 Å². The Kier molecular flexibility index (Phi) is 4.02. The molecule has 0 radical (unpaired) electrons. The van der Waals surface area contributed by atoms with E-state index in [0.717, 1.165) is 37.6 Å². The van der Waals surface area contributed by atoms with Crippen molar-refractivity contribution in [2.45, 2.75) is 33.1 Å². The van der Waals surface area contributed by atoms with Gasteiger partial charge in [-0.1, -0.05) is 54.6 Å². The Morgan fingerprint density at radius 1 is 0.778 bits per heavy atom. The molecular formula is C24H23N3. The van der Waals surface area contributed by atoms with E-state index in [2.05, 4.69) is 83.9 Å². The van der Waals surface area contributed by atoms with Crippen LogP contribution in [-0.4, -0.2) is 9.88 Å². The third-order valence-electron chi connectivity index (χ3n) is 5.53. The van der Waals surface area contributed by atoms with Crippen LogP contribution < -0.4 is 5.32 Å². The second-order valence-electron chi connectivity index (χ2n) is 7.37. The fraction of sp³-hybridized carbons (Fsp3) is 0.208. The van der Waals surface area contributed by atoms with E-state index < -0.39 is 0 Å². The topological polar surface area (TPSA) is 28.2 Å². The van der Waals surface area contributed by atoms with Crippen molar-refractivity contribution in [3.8, 4) is 0 Å². The lowest BCUT2D eigenvalue weighted by Crippen LogP contribution is -2.28. The molecule has 6 bridgehead atoms. The summed E-state index contributed by atoms with van der Waals surface area (Å²) < 4.78 is 0. The molecule has 6 rings (SSSR count). The Morgan fingerprint density at radius 2 is 1.56 bits per heavy atom. The van der Waals surface area contributed by atoms with E-state index in [1.165, 1.54) is 33.5 Å². The zero-order valence-electron chi connectivity index (χ0n) is 15.6. The quantitative estimate of drug-likeness (QED) is 0.694. The second kappa shape index (κ2) is 6.67. The minimum absolute atomic E-state index is 0.797. The maximum absolute atomic E-state index is 4.89. The molecule has 3 nitrogen and oxygen atoms in total. The molecule has 3 aromatic rings. The number of hydrogen-bond donors (Lipinski definition) is 1. The van der Waals surface area contributed by atoms with Gasteiger partial charge < -0.3 is 10.2 Å². The van der Waals surface area contributed by atoms with Crippen LogP contribution >= 0.6 is 0 Å². The van der Waals surface area contributed by atoms with Crippen LogP contribution in [0.4, 0.5) is 0 Å². The fourth-order valence-corrected chi connectivity index (χ4v) is 4.42. The predicted octanol–water partition coefficient (Wildman–Crippen LogP) is 4.59. The first-order valence-electron chi connectivity index (χ1n) is 9.57. The summed E-state index contributed by atoms with van der Waals surface area (Å²) in [4.78, 5) is 7.37. The van der Waals surface area contributed by atoms with E-state index in [1.54, 1.807) is 0 Å². The van der Waals surface area contributed by atoms with Crippen molar-refractivity contribution in [3.63, 3.8) is 0 Å². The molecule has 0 saturated carbocycles. The maximum atomic E-state index is 4.89. The molecule has 0 saturated heterocycles. The van der Waals surface area contributed by atoms with Crippen molar-refractivity contribution in [1.82, 2.24) is 15.2 Å². The Morgan fingerprint density at radius 3 is 2.44 bits per heavy atom. The molecule has 3 aliphatic rings. The number of fused-ring (bicyclic) bond motifs is 2. The number of allylic oxidation sites excluding steroid dienone is 1. The number of benzene rings is 2. The van der Waals surface area contributed by atoms with Gasteiger partial charge in [0, 0.05) is 25.3 Å². The van der Waals surface area contributed by atoms with Gasteiger partial charge in [0.25, 0.3) is 0 Å². The zero-order valence-corrected chi connectivity index (χ0v) is 15.6. The van der Waals surface area contributed by atoms with Crippen LogP contribution in [0.3, 0.4) is 0 Å². The molecule has 0 atom stereocenters. The minimum atomic E-state index is 0.797. The van der Waals surface area contributed by atoms with Gasteiger partial charge in [0.15, 0.2) is 0 Å². The summed E-state index contributed by atoms with van der Waals surface area (Å²) in [5, 5.41) is 3.59. The molecule has 0 aliphatic carbocycles. The fourth-order valence-electron chi connectivity index (χ4n) is 4.42. The van der Waals surface area contributed by atoms with E-state index in [0.29, 0.717) is 0 Å². The Hall–Kier alpha value is -2.91. The molecule has 2 aromatic carbocycles. The SMILES string of the molecule is CC1=C(c2ccccc2)N2Cc3cccc(n3)CNCc3cccc(c31)C2. The first-order valence-corrected chi connectivity index (χ1v) is 9.57. The average Bonchev–Trinajstić information content (AvgIpc) is 2.68. The smallest absolute Gasteiger partial charge is 0.0606 e. The lowest BCUT2D eigenvalue weighted by molar-refractivity contribution is 0.373. The summed E-state index contributed by atoms with van der Waals surface area (Å²) in [5.41, 5.74) is 10.4. The van der Waals surface area contributed by atoms with Gasteiger partial charge >= 0.3 is 0 Å². The van der Waals surface area contributed by atoms with Gasteiger partial charge in [-0.15, -0.1) is 0 Å². The number of nitrogens with zero attached hydrogens (tertiary/aromatic N) is 2. The van der Waals surface area contributed by atoms with Crippen molar-refractivity contribution in [1.29, 1.82) is 0 Å². The van der Waals surface area contributed by atoms with E-state index in [1.807, 2.05) is 0 Å². The highest BCUT2D eigenvalue weighted by Crippen LogP contribution is 2.39. The van der Waals surface area contributed by atoms with Crippen LogP contribution in [0.5, 0.6) is 0 Å². The molecule has 3 aliphatic heterocycles. The van der Waals surface area contributed by atoms with Gasteiger partial charge in [0.2, 0.25) is 0 Å². The standard InChI is InChI=1S/C24H23N3/c1-17-23-19-9-5-10-20(23)15-27(24(17)18-7-3-2-4-8-18)16-22-12-6-11-21(26-22)14-25-13-19/h2-12,25H,13-16H2,1H3. The maximum Gasteiger partial charge on any atom is 0.0606 e. The Balaban J connectivity index is 1.74. The highest BCUT2D eigenvalue weighted by molar-refractivity contribution is 5.92. The lowest BCUT2D eigenvalue weighted by Gasteiger charge is -2.36. The Labute approximate surface area is 160 Å². The molecule has 1 N–H and O–H groups in total. The summed E-state index contributed by atoms with van der Waals surface area (Å²) >= 11 is 0. The van der Waals surface area contributed by atoms with Gasteiger partial charge in [0.1, 0.15) is 0 Å². The number of hydrogen-bond acceptors (Lipinski definition) is 3. The summed E-state index contributed by atoms with van der Waals surface area (Å²) in [6, 6.07) is 23.8. The zero-order chi connectivity index (χ0) is 18.2. The van der Waals surface area contributed by atoms with Crippen molar-refractivity contribution >= 4 is 11.3 Å². The highest BCUT2D eigenvalue weighted by atomic mass is 15.2. The van der Waals surface area contributed by atoms with Crippen molar-refractivity contribution in [3.05, 3.63) is 100 Å². The molecule has 4 heterocycles. The van der Waals surface area contributed by atoms with E-state index in [9.17, 15) is 0 Å². The second-order valence-corrected chi connectivity index (χ2v) is 7.37. The highest BCUT2D eigenvalue weighted by Gasteiger charge is 2.26. The van der Waals surface area contributed by atoms with E-state index in [-0.39, 0.29) is 0 Å². The monoisotopic (exact) mass is 353 g/mol. The van der Waals surface area contributed by atoms with Crippen LogP contribution in [0, 0.1) is 0 Å². The van der Waals surface area contributed by atoms with E-state index >= 15 is 0 Å². The molecular weight excluding hydrogens is 330 g/mol. The largest absolute Gasteiger partial charge is 0.361 e. The molecule has 1 aromatic heterocycles. The first-order chi connectivity index (χ1) is 13.3. The van der Waals surface area contributed by atoms with Gasteiger partial charge in [-0.25, -0.2) is 0 Å². The van der Waals surface area contributed by atoms with Crippen LogP contribution in [0.25, 0.3) is 11.3 Å². The summed E-state index contributed by atoms with van der Waals surface area (Å²) in [7, 11) is 0. The van der Waals surface area contributed by atoms with Gasteiger partial charge in [-0.2, -0.15) is 0 Å². The normalized spacial score (nSPS) is 16.1. The third-order valence-corrected chi connectivity index (χ3v) is 5.53. The number of rotatable bonds is 1. The predicted molar refractivity (Wildman–Crippen MR) is 109 cm³/mol. The van der Waals surface area contributed by atoms with Gasteiger partial charge in [-0.3, -0.25) is 4.98 Å². The minimum Gasteiger partial charge on any atom is -0.361 e. The summed E-state index contributed by atoms with van der Waals surface area (Å²) in [6.45, 7) is 5.66. The molecule has 3 heteroatoms. The van der Waals surface area contributed by atoms with Crippen molar-refractivity contribution < 1.29 is 0 Å². The van der Waals surface area contributed by atoms with Crippen LogP contribution in [-0.2, 0) is 26.2 Å². The third kappa shape index (κ3) is 2.94. The van der Waals surface area contributed by atoms with Gasteiger partial charge in [-0.05, 0) is 46.9 Å². The van der Waals surface area contributed by atoms with Crippen LogP contribution in [0.2, 0.25) is 0 Å². The molecule has 27 heavy (non-hydrogen) atoms.